The molecule has 29 heavy (non-hydrogen) atoms. The topological polar surface area (TPSA) is 76.6 Å². The van der Waals surface area contributed by atoms with E-state index in [1.807, 2.05) is 0 Å². The van der Waals surface area contributed by atoms with Crippen LogP contribution in [-0.2, 0) is 4.79 Å². The van der Waals surface area contributed by atoms with Crippen LogP contribution in [0.25, 0.3) is 0 Å². The minimum absolute atomic E-state index is 0.0787. The molecule has 1 aromatic rings. The molecule has 1 amide bonds. The lowest BCUT2D eigenvalue weighted by Crippen LogP contribution is -2.51. The molecule has 6 nitrogen and oxygen atoms in total. The summed E-state index contributed by atoms with van der Waals surface area (Å²) in [7, 11) is 0. The lowest BCUT2D eigenvalue weighted by molar-refractivity contribution is -0.126. The number of aliphatic hydroxyl groups excluding tert-OH is 1. The fraction of sp³-hybridized carbons (Fsp3) is 0.696. The lowest BCUT2D eigenvalue weighted by atomic mass is 9.85. The monoisotopic (exact) mass is 400 g/mol. The number of amides is 1. The molecule has 0 bridgehead atoms. The van der Waals surface area contributed by atoms with Crippen LogP contribution in [0, 0.1) is 11.8 Å². The molecule has 4 N–H and O–H groups in total. The van der Waals surface area contributed by atoms with Crippen molar-refractivity contribution in [1.82, 2.24) is 10.6 Å². The maximum atomic E-state index is 11.3. The molecule has 0 saturated carbocycles. The molecule has 4 rings (SSSR count). The van der Waals surface area contributed by atoms with Gasteiger partial charge in [0.25, 0.3) is 0 Å². The molecule has 3 saturated heterocycles. The van der Waals surface area contributed by atoms with Crippen LogP contribution in [0.3, 0.4) is 0 Å². The van der Waals surface area contributed by atoms with Gasteiger partial charge in [-0.05, 0) is 81.3 Å². The fourth-order valence-electron chi connectivity index (χ4n) is 5.04. The summed E-state index contributed by atoms with van der Waals surface area (Å²) < 4.78 is 0. The zero-order chi connectivity index (χ0) is 20.1. The van der Waals surface area contributed by atoms with Crippen LogP contribution in [0.2, 0.25) is 0 Å². The Morgan fingerprint density at radius 2 is 1.62 bits per heavy atom. The predicted octanol–water partition coefficient (Wildman–Crippen LogP) is 2.69. The SMILES string of the molecule is O=C1CCC(Nc2ccc(N3CCC(CCC4CCNCC4)CC3)cc2)C(O)N1. The Hall–Kier alpha value is -1.79. The lowest BCUT2D eigenvalue weighted by Gasteiger charge is -2.35. The molecule has 3 aliphatic rings. The first-order valence-corrected chi connectivity index (χ1v) is 11.5. The molecule has 0 aromatic heterocycles. The first-order chi connectivity index (χ1) is 14.2. The molecule has 160 valence electrons. The summed E-state index contributed by atoms with van der Waals surface area (Å²) in [6.45, 7) is 4.72. The molecule has 3 fully saturated rings. The van der Waals surface area contributed by atoms with Gasteiger partial charge >= 0.3 is 0 Å². The highest BCUT2D eigenvalue weighted by Crippen LogP contribution is 2.29. The average Bonchev–Trinajstić information content (AvgIpc) is 2.76. The molecular weight excluding hydrogens is 364 g/mol. The Labute approximate surface area is 174 Å². The van der Waals surface area contributed by atoms with Crippen LogP contribution >= 0.6 is 0 Å². The van der Waals surface area contributed by atoms with Crippen molar-refractivity contribution in [3.05, 3.63) is 24.3 Å². The Morgan fingerprint density at radius 3 is 2.28 bits per heavy atom. The zero-order valence-electron chi connectivity index (χ0n) is 17.4. The third kappa shape index (κ3) is 5.64. The molecule has 2 unspecified atom stereocenters. The summed E-state index contributed by atoms with van der Waals surface area (Å²) in [4.78, 5) is 13.8. The summed E-state index contributed by atoms with van der Waals surface area (Å²) in [5, 5.41) is 19.4. The normalized spacial score (nSPS) is 26.9. The van der Waals surface area contributed by atoms with Crippen LogP contribution in [0.1, 0.15) is 51.4 Å². The van der Waals surface area contributed by atoms with Gasteiger partial charge in [0, 0.05) is 30.9 Å². The van der Waals surface area contributed by atoms with Crippen LogP contribution in [-0.4, -0.2) is 49.5 Å². The summed E-state index contributed by atoms with van der Waals surface area (Å²) in [6, 6.07) is 8.38. The molecule has 3 heterocycles. The third-order valence-corrected chi connectivity index (χ3v) is 7.01. The van der Waals surface area contributed by atoms with E-state index in [9.17, 15) is 9.90 Å². The van der Waals surface area contributed by atoms with Crippen LogP contribution in [0.15, 0.2) is 24.3 Å². The Morgan fingerprint density at radius 1 is 0.966 bits per heavy atom. The van der Waals surface area contributed by atoms with E-state index in [4.69, 9.17) is 0 Å². The van der Waals surface area contributed by atoms with Crippen molar-refractivity contribution in [2.24, 2.45) is 11.8 Å². The van der Waals surface area contributed by atoms with Gasteiger partial charge in [-0.25, -0.2) is 0 Å². The third-order valence-electron chi connectivity index (χ3n) is 7.01. The minimum Gasteiger partial charge on any atom is -0.378 e. The summed E-state index contributed by atoms with van der Waals surface area (Å²) in [5.41, 5.74) is 2.27. The van der Waals surface area contributed by atoms with Gasteiger partial charge in [0.05, 0.1) is 6.04 Å². The largest absolute Gasteiger partial charge is 0.378 e. The van der Waals surface area contributed by atoms with Crippen molar-refractivity contribution in [3.8, 4) is 0 Å². The van der Waals surface area contributed by atoms with Crippen LogP contribution in [0.5, 0.6) is 0 Å². The van der Waals surface area contributed by atoms with Crippen molar-refractivity contribution in [1.29, 1.82) is 0 Å². The molecule has 0 spiro atoms. The summed E-state index contributed by atoms with van der Waals surface area (Å²) >= 11 is 0. The second-order valence-corrected chi connectivity index (χ2v) is 9.05. The van der Waals surface area contributed by atoms with Crippen molar-refractivity contribution in [2.75, 3.05) is 36.4 Å². The van der Waals surface area contributed by atoms with Crippen molar-refractivity contribution in [3.63, 3.8) is 0 Å². The summed E-state index contributed by atoms with van der Waals surface area (Å²) in [5.74, 6) is 1.76. The van der Waals surface area contributed by atoms with E-state index in [2.05, 4.69) is 45.1 Å². The number of anilines is 2. The average molecular weight is 401 g/mol. The number of hydrogen-bond acceptors (Lipinski definition) is 5. The van der Waals surface area contributed by atoms with Gasteiger partial charge in [0.15, 0.2) is 0 Å². The van der Waals surface area contributed by atoms with E-state index in [-0.39, 0.29) is 11.9 Å². The van der Waals surface area contributed by atoms with Gasteiger partial charge in [-0.1, -0.05) is 12.8 Å². The number of hydrogen-bond donors (Lipinski definition) is 4. The second-order valence-electron chi connectivity index (χ2n) is 9.05. The van der Waals surface area contributed by atoms with Gasteiger partial charge in [0.1, 0.15) is 6.23 Å². The van der Waals surface area contributed by atoms with Crippen LogP contribution in [0.4, 0.5) is 11.4 Å². The highest BCUT2D eigenvalue weighted by molar-refractivity contribution is 5.77. The van der Waals surface area contributed by atoms with Crippen molar-refractivity contribution in [2.45, 2.75) is 63.6 Å². The van der Waals surface area contributed by atoms with Gasteiger partial charge in [-0.15, -0.1) is 0 Å². The molecule has 0 radical (unpaired) electrons. The van der Waals surface area contributed by atoms with E-state index < -0.39 is 6.23 Å². The van der Waals surface area contributed by atoms with Crippen molar-refractivity contribution < 1.29 is 9.90 Å². The number of carbonyl (C=O) groups excluding carboxylic acids is 1. The van der Waals surface area contributed by atoms with E-state index >= 15 is 0 Å². The number of aliphatic hydroxyl groups is 1. The number of nitrogens with one attached hydrogen (secondary N) is 3. The van der Waals surface area contributed by atoms with E-state index in [0.29, 0.717) is 12.8 Å². The number of carbonyl (C=O) groups is 1. The maximum absolute atomic E-state index is 11.3. The van der Waals surface area contributed by atoms with E-state index in [1.54, 1.807) is 0 Å². The maximum Gasteiger partial charge on any atom is 0.222 e. The number of piperidine rings is 3. The van der Waals surface area contributed by atoms with Crippen molar-refractivity contribution >= 4 is 17.3 Å². The molecule has 1 aromatic carbocycles. The van der Waals surface area contributed by atoms with Gasteiger partial charge in [0.2, 0.25) is 5.91 Å². The summed E-state index contributed by atoms with van der Waals surface area (Å²) in [6.07, 6.45) is 8.45. The van der Waals surface area contributed by atoms with E-state index in [1.165, 1.54) is 57.3 Å². The Bertz CT molecular complexity index is 651. The first kappa shape index (κ1) is 20.5. The molecule has 0 aliphatic carbocycles. The van der Waals surface area contributed by atoms with Crippen LogP contribution < -0.4 is 20.9 Å². The van der Waals surface area contributed by atoms with Gasteiger partial charge in [-0.2, -0.15) is 0 Å². The Balaban J connectivity index is 1.21. The number of rotatable bonds is 6. The first-order valence-electron chi connectivity index (χ1n) is 11.5. The smallest absolute Gasteiger partial charge is 0.222 e. The minimum atomic E-state index is -0.820. The highest BCUT2D eigenvalue weighted by Gasteiger charge is 2.27. The zero-order valence-corrected chi connectivity index (χ0v) is 17.4. The highest BCUT2D eigenvalue weighted by atomic mass is 16.3. The quantitative estimate of drug-likeness (QED) is 0.591. The predicted molar refractivity (Wildman–Crippen MR) is 117 cm³/mol. The molecule has 6 heteroatoms. The Kier molecular flexibility index (Phi) is 6.93. The number of benzene rings is 1. The fourth-order valence-corrected chi connectivity index (χ4v) is 5.04. The standard InChI is InChI=1S/C23H36N4O2/c28-22-8-7-21(23(29)26-22)25-19-3-5-20(6-4-19)27-15-11-18(12-16-27)2-1-17-9-13-24-14-10-17/h3-6,17-18,21,23-25,29H,1-2,7-16H2,(H,26,28). The molecule has 2 atom stereocenters. The number of nitrogens with zero attached hydrogens (tertiary/aromatic N) is 1. The van der Waals surface area contributed by atoms with E-state index in [0.717, 1.165) is 30.6 Å². The second kappa shape index (κ2) is 9.81. The molecule has 3 aliphatic heterocycles. The van der Waals surface area contributed by atoms with Gasteiger partial charge in [-0.3, -0.25) is 4.79 Å². The van der Waals surface area contributed by atoms with Gasteiger partial charge < -0.3 is 26.0 Å². The molecular formula is C23H36N4O2.